The average molecular weight is 503 g/mol. The third-order valence-corrected chi connectivity index (χ3v) is 8.01. The first kappa shape index (κ1) is 25.5. The molecule has 1 atom stereocenters. The highest BCUT2D eigenvalue weighted by atomic mass is 16.5. The van der Waals surface area contributed by atoms with Crippen LogP contribution in [0, 0.1) is 17.2 Å². The Bertz CT molecular complexity index is 1230. The molecule has 0 bridgehead atoms. The van der Waals surface area contributed by atoms with Crippen molar-refractivity contribution >= 4 is 11.7 Å². The van der Waals surface area contributed by atoms with E-state index in [0.717, 1.165) is 46.8 Å². The van der Waals surface area contributed by atoms with Crippen LogP contribution in [0.3, 0.4) is 0 Å². The number of nitrogens with zero attached hydrogens (tertiary/aromatic N) is 4. The third-order valence-electron chi connectivity index (χ3n) is 8.01. The van der Waals surface area contributed by atoms with E-state index >= 15 is 0 Å². The van der Waals surface area contributed by atoms with Gasteiger partial charge in [0.1, 0.15) is 17.6 Å². The minimum atomic E-state index is -0.302. The number of piperazine rings is 1. The number of fused-ring (bicyclic) bond motifs is 1. The number of carbonyl (C=O) groups excluding carboxylic acids is 1. The molecule has 7 heteroatoms. The number of hydrogen-bond acceptors (Lipinski definition) is 6. The second kappa shape index (κ2) is 9.98. The number of pyridine rings is 1. The van der Waals surface area contributed by atoms with Gasteiger partial charge in [-0.1, -0.05) is 26.0 Å². The number of amides is 1. The number of methoxy groups -OCH3 is 1. The first-order valence-corrected chi connectivity index (χ1v) is 13.5. The van der Waals surface area contributed by atoms with Crippen molar-refractivity contribution < 1.29 is 14.3 Å². The van der Waals surface area contributed by atoms with Gasteiger partial charge in [0.25, 0.3) is 0 Å². The Morgan fingerprint density at radius 1 is 1.27 bits per heavy atom. The highest BCUT2D eigenvalue weighted by Gasteiger charge is 2.39. The summed E-state index contributed by atoms with van der Waals surface area (Å²) in [7, 11) is 1.64. The number of ether oxygens (including phenoxy) is 2. The zero-order valence-electron chi connectivity index (χ0n) is 22.7. The topological polar surface area (TPSA) is 78.7 Å². The molecule has 1 aromatic carbocycles. The summed E-state index contributed by atoms with van der Waals surface area (Å²) < 4.78 is 11.5. The molecule has 196 valence electrons. The van der Waals surface area contributed by atoms with Gasteiger partial charge in [0.05, 0.1) is 43.0 Å². The van der Waals surface area contributed by atoms with Crippen molar-refractivity contribution in [3.05, 3.63) is 52.2 Å². The van der Waals surface area contributed by atoms with Gasteiger partial charge in [0.15, 0.2) is 0 Å². The van der Waals surface area contributed by atoms with E-state index < -0.39 is 0 Å². The van der Waals surface area contributed by atoms with Crippen molar-refractivity contribution in [2.24, 2.45) is 5.92 Å². The predicted octanol–water partition coefficient (Wildman–Crippen LogP) is 4.61. The van der Waals surface area contributed by atoms with Crippen molar-refractivity contribution in [1.29, 1.82) is 5.26 Å². The molecule has 1 saturated heterocycles. The van der Waals surface area contributed by atoms with Gasteiger partial charge in [-0.25, -0.2) is 4.98 Å². The van der Waals surface area contributed by atoms with E-state index in [2.05, 4.69) is 38.7 Å². The molecule has 3 aliphatic rings. The molecule has 2 fully saturated rings. The molecule has 1 aromatic heterocycles. The molecular formula is C30H38N4O3. The molecule has 2 aliphatic heterocycles. The maximum absolute atomic E-state index is 13.4. The fourth-order valence-electron chi connectivity index (χ4n) is 5.76. The van der Waals surface area contributed by atoms with E-state index in [9.17, 15) is 10.1 Å². The molecule has 3 heterocycles. The second-order valence-electron chi connectivity index (χ2n) is 11.6. The molecule has 1 amide bonds. The highest BCUT2D eigenvalue weighted by Crippen LogP contribution is 2.46. The lowest BCUT2D eigenvalue weighted by Crippen LogP contribution is -2.58. The normalized spacial score (nSPS) is 20.9. The average Bonchev–Trinajstić information content (AvgIpc) is 3.72. The molecule has 2 aromatic rings. The molecule has 1 aliphatic carbocycles. The Morgan fingerprint density at radius 3 is 2.73 bits per heavy atom. The Labute approximate surface area is 220 Å². The number of carbonyl (C=O) groups is 1. The van der Waals surface area contributed by atoms with Gasteiger partial charge >= 0.3 is 0 Å². The summed E-state index contributed by atoms with van der Waals surface area (Å²) in [6.45, 7) is 11.0. The summed E-state index contributed by atoms with van der Waals surface area (Å²) in [6, 6.07) is 10.3. The van der Waals surface area contributed by atoms with Crippen molar-refractivity contribution in [3.63, 3.8) is 0 Å². The molecule has 1 saturated carbocycles. The number of hydrogen-bond donors (Lipinski definition) is 0. The highest BCUT2D eigenvalue weighted by molar-refractivity contribution is 5.79. The van der Waals surface area contributed by atoms with Crippen LogP contribution >= 0.6 is 0 Å². The Hall–Kier alpha value is -3.11. The third kappa shape index (κ3) is 5.17. The van der Waals surface area contributed by atoms with Crippen LogP contribution in [0.1, 0.15) is 74.4 Å². The van der Waals surface area contributed by atoms with Crippen LogP contribution in [-0.4, -0.2) is 54.2 Å². The largest absolute Gasteiger partial charge is 0.497 e. The maximum Gasteiger partial charge on any atom is 0.227 e. The van der Waals surface area contributed by atoms with Gasteiger partial charge in [-0.3, -0.25) is 4.79 Å². The number of rotatable bonds is 6. The lowest BCUT2D eigenvalue weighted by Gasteiger charge is -2.44. The Morgan fingerprint density at radius 2 is 2.05 bits per heavy atom. The molecule has 0 spiro atoms. The quantitative estimate of drug-likeness (QED) is 0.574. The first-order valence-electron chi connectivity index (χ1n) is 13.5. The molecule has 0 radical (unpaired) electrons. The van der Waals surface area contributed by atoms with Crippen LogP contribution in [-0.2, 0) is 29.0 Å². The van der Waals surface area contributed by atoms with E-state index in [4.69, 9.17) is 14.5 Å². The summed E-state index contributed by atoms with van der Waals surface area (Å²) in [4.78, 5) is 22.9. The lowest BCUT2D eigenvalue weighted by molar-refractivity contribution is -0.134. The lowest BCUT2D eigenvalue weighted by atomic mass is 9.87. The summed E-state index contributed by atoms with van der Waals surface area (Å²) >= 11 is 0. The van der Waals surface area contributed by atoms with E-state index in [1.165, 1.54) is 0 Å². The standard InChI is InChI=1S/C30H38N4O3/c1-19(2)26-17-33(11-12-34(26)27(35)14-20-7-6-8-22(13-20)36-5)29-24(16-31)23-15-30(3,4)37-18-25(23)28(32-29)21-9-10-21/h6-8,13,19,21,26H,9-12,14-15,17-18H2,1-5H3. The zero-order valence-corrected chi connectivity index (χ0v) is 22.7. The molecular weight excluding hydrogens is 464 g/mol. The van der Waals surface area contributed by atoms with Gasteiger partial charge in [-0.05, 0) is 55.9 Å². The van der Waals surface area contributed by atoms with Crippen LogP contribution in [0.25, 0.3) is 0 Å². The van der Waals surface area contributed by atoms with Gasteiger partial charge in [-0.15, -0.1) is 0 Å². The van der Waals surface area contributed by atoms with E-state index in [1.54, 1.807) is 7.11 Å². The van der Waals surface area contributed by atoms with Crippen LogP contribution in [0.4, 0.5) is 5.82 Å². The minimum absolute atomic E-state index is 0.0420. The minimum Gasteiger partial charge on any atom is -0.497 e. The Balaban J connectivity index is 1.43. The van der Waals surface area contributed by atoms with Crippen LogP contribution in [0.2, 0.25) is 0 Å². The fraction of sp³-hybridized carbons (Fsp3) is 0.567. The predicted molar refractivity (Wildman–Crippen MR) is 143 cm³/mol. The van der Waals surface area contributed by atoms with E-state index in [0.29, 0.717) is 50.6 Å². The van der Waals surface area contributed by atoms with E-state index in [-0.39, 0.29) is 23.5 Å². The number of benzene rings is 1. The second-order valence-corrected chi connectivity index (χ2v) is 11.6. The zero-order chi connectivity index (χ0) is 26.3. The molecule has 37 heavy (non-hydrogen) atoms. The van der Waals surface area contributed by atoms with Crippen molar-refractivity contribution in [3.8, 4) is 11.8 Å². The van der Waals surface area contributed by atoms with E-state index in [1.807, 2.05) is 29.2 Å². The van der Waals surface area contributed by atoms with Crippen molar-refractivity contribution in [2.75, 3.05) is 31.6 Å². The summed E-state index contributed by atoms with van der Waals surface area (Å²) in [5, 5.41) is 10.3. The van der Waals surface area contributed by atoms with Crippen molar-refractivity contribution in [1.82, 2.24) is 9.88 Å². The maximum atomic E-state index is 13.4. The molecule has 7 nitrogen and oxygen atoms in total. The van der Waals surface area contributed by atoms with Crippen LogP contribution in [0.5, 0.6) is 5.75 Å². The first-order chi connectivity index (χ1) is 17.7. The molecule has 0 N–H and O–H groups in total. The van der Waals surface area contributed by atoms with Crippen LogP contribution < -0.4 is 9.64 Å². The fourth-order valence-corrected chi connectivity index (χ4v) is 5.76. The number of anilines is 1. The summed E-state index contributed by atoms with van der Waals surface area (Å²) in [5.74, 6) is 2.43. The molecule has 5 rings (SSSR count). The number of nitriles is 1. The molecule has 1 unspecified atom stereocenters. The van der Waals surface area contributed by atoms with Crippen LogP contribution in [0.15, 0.2) is 24.3 Å². The van der Waals surface area contributed by atoms with Gasteiger partial charge in [0, 0.05) is 37.5 Å². The Kier molecular flexibility index (Phi) is 6.89. The van der Waals surface area contributed by atoms with Gasteiger partial charge in [-0.2, -0.15) is 5.26 Å². The smallest absolute Gasteiger partial charge is 0.227 e. The number of aromatic nitrogens is 1. The summed E-state index contributed by atoms with van der Waals surface area (Å²) in [6.07, 6.45) is 3.36. The monoisotopic (exact) mass is 502 g/mol. The van der Waals surface area contributed by atoms with Gasteiger partial charge in [0.2, 0.25) is 5.91 Å². The van der Waals surface area contributed by atoms with Gasteiger partial charge < -0.3 is 19.3 Å². The SMILES string of the molecule is COc1cccc(CC(=O)N2CCN(c3nc(C4CC4)c4c(c3C#N)CC(C)(C)OC4)CC2C(C)C)c1. The summed E-state index contributed by atoms with van der Waals surface area (Å²) in [5.41, 5.74) is 4.71. The van der Waals surface area contributed by atoms with Crippen molar-refractivity contribution in [2.45, 2.75) is 77.5 Å².